The molecule has 0 N–H and O–H groups in total. The van der Waals surface area contributed by atoms with Crippen LogP contribution in [0, 0.1) is 0 Å². The highest BCUT2D eigenvalue weighted by molar-refractivity contribution is 7.09. The number of rotatable bonds is 7. The van der Waals surface area contributed by atoms with Crippen LogP contribution in [-0.2, 0) is 29.3 Å². The minimum absolute atomic E-state index is 0.540. The van der Waals surface area contributed by atoms with Crippen molar-refractivity contribution in [3.05, 3.63) is 76.5 Å². The summed E-state index contributed by atoms with van der Waals surface area (Å²) >= 11 is 1.61. The van der Waals surface area contributed by atoms with E-state index in [0.717, 1.165) is 32.9 Å². The molecule has 26 heavy (non-hydrogen) atoms. The molecule has 0 saturated heterocycles. The molecule has 0 atom stereocenters. The van der Waals surface area contributed by atoms with Crippen molar-refractivity contribution >= 4 is 22.4 Å². The highest BCUT2D eigenvalue weighted by Gasteiger charge is 2.07. The van der Waals surface area contributed by atoms with Crippen molar-refractivity contribution in [1.29, 1.82) is 0 Å². The number of methoxy groups -OCH3 is 1. The van der Waals surface area contributed by atoms with Crippen LogP contribution in [0.5, 0.6) is 0 Å². The van der Waals surface area contributed by atoms with Crippen molar-refractivity contribution in [3.63, 3.8) is 0 Å². The molecule has 4 rings (SSSR count). The smallest absolute Gasteiger partial charge is 0.118 e. The molecule has 0 amide bonds. The number of hydrogen-bond donors (Lipinski definition) is 0. The van der Waals surface area contributed by atoms with E-state index in [4.69, 9.17) is 9.47 Å². The molecule has 6 heteroatoms. The van der Waals surface area contributed by atoms with Crippen LogP contribution < -0.4 is 0 Å². The zero-order valence-corrected chi connectivity index (χ0v) is 15.3. The molecule has 0 bridgehead atoms. The van der Waals surface area contributed by atoms with Crippen LogP contribution in [-0.4, -0.2) is 21.6 Å². The van der Waals surface area contributed by atoms with E-state index in [9.17, 15) is 0 Å². The summed E-state index contributed by atoms with van der Waals surface area (Å²) < 4.78 is 13.1. The van der Waals surface area contributed by atoms with Gasteiger partial charge in [0.25, 0.3) is 0 Å². The Morgan fingerprint density at radius 3 is 2.77 bits per heavy atom. The maximum Gasteiger partial charge on any atom is 0.118 e. The summed E-state index contributed by atoms with van der Waals surface area (Å²) in [6, 6.07) is 14.5. The second kappa shape index (κ2) is 7.78. The summed E-state index contributed by atoms with van der Waals surface area (Å²) in [5.74, 6) is 0. The first-order chi connectivity index (χ1) is 12.8. The first-order valence-electron chi connectivity index (χ1n) is 8.34. The summed E-state index contributed by atoms with van der Waals surface area (Å²) in [6.45, 7) is 1.69. The highest BCUT2D eigenvalue weighted by Crippen LogP contribution is 2.21. The number of imidazole rings is 1. The van der Waals surface area contributed by atoms with Crippen molar-refractivity contribution in [2.45, 2.75) is 19.8 Å². The molecule has 0 spiro atoms. The first-order valence-corrected chi connectivity index (χ1v) is 9.22. The summed E-state index contributed by atoms with van der Waals surface area (Å²) in [7, 11) is 1.70. The molecule has 0 aliphatic rings. The van der Waals surface area contributed by atoms with Gasteiger partial charge in [-0.15, -0.1) is 11.3 Å². The largest absolute Gasteiger partial charge is 0.380 e. The van der Waals surface area contributed by atoms with Crippen LogP contribution >= 0.6 is 11.3 Å². The molecule has 2 heterocycles. The van der Waals surface area contributed by atoms with Crippen LogP contribution in [0.2, 0.25) is 0 Å². The summed E-state index contributed by atoms with van der Waals surface area (Å²) in [4.78, 5) is 8.77. The van der Waals surface area contributed by atoms with Crippen LogP contribution in [0.4, 0.5) is 0 Å². The van der Waals surface area contributed by atoms with Gasteiger partial charge in [-0.25, -0.2) is 9.97 Å². The van der Waals surface area contributed by atoms with E-state index in [-0.39, 0.29) is 0 Å². The highest BCUT2D eigenvalue weighted by atomic mass is 32.1. The third kappa shape index (κ3) is 3.67. The second-order valence-electron chi connectivity index (χ2n) is 5.96. The summed E-state index contributed by atoms with van der Waals surface area (Å²) in [5, 5.41) is 2.95. The predicted octanol–water partition coefficient (Wildman–Crippen LogP) is 4.35. The van der Waals surface area contributed by atoms with Gasteiger partial charge in [0.05, 0.1) is 30.9 Å². The molecule has 0 saturated carbocycles. The number of benzene rings is 2. The normalized spacial score (nSPS) is 11.3. The van der Waals surface area contributed by atoms with Gasteiger partial charge in [-0.3, -0.25) is 4.57 Å². The van der Waals surface area contributed by atoms with Gasteiger partial charge in [-0.1, -0.05) is 18.2 Å². The lowest BCUT2D eigenvalue weighted by molar-refractivity contribution is 0.107. The Morgan fingerprint density at radius 1 is 1.00 bits per heavy atom. The monoisotopic (exact) mass is 365 g/mol. The lowest BCUT2D eigenvalue weighted by Gasteiger charge is -2.08. The van der Waals surface area contributed by atoms with Crippen molar-refractivity contribution < 1.29 is 9.47 Å². The number of nitrogens with zero attached hydrogens (tertiary/aromatic N) is 3. The Bertz CT molecular complexity index is 995. The second-order valence-corrected chi connectivity index (χ2v) is 6.94. The topological polar surface area (TPSA) is 49.2 Å². The van der Waals surface area contributed by atoms with Gasteiger partial charge in [-0.2, -0.15) is 0 Å². The van der Waals surface area contributed by atoms with E-state index in [0.29, 0.717) is 19.8 Å². The quantitative estimate of drug-likeness (QED) is 0.489. The molecule has 0 radical (unpaired) electrons. The number of aromatic nitrogens is 3. The zero-order valence-electron chi connectivity index (χ0n) is 14.5. The number of hydrogen-bond acceptors (Lipinski definition) is 5. The zero-order chi connectivity index (χ0) is 17.8. The molecule has 132 valence electrons. The van der Waals surface area contributed by atoms with Gasteiger partial charge in [0.15, 0.2) is 0 Å². The van der Waals surface area contributed by atoms with Gasteiger partial charge in [0, 0.05) is 24.4 Å². The van der Waals surface area contributed by atoms with Crippen molar-refractivity contribution in [1.82, 2.24) is 14.5 Å². The average Bonchev–Trinajstić information content (AvgIpc) is 3.31. The Balaban J connectivity index is 1.53. The number of thiazole rings is 1. The fourth-order valence-corrected chi connectivity index (χ4v) is 3.45. The molecule has 5 nitrogen and oxygen atoms in total. The van der Waals surface area contributed by atoms with E-state index in [1.165, 1.54) is 0 Å². The van der Waals surface area contributed by atoms with Crippen LogP contribution in [0.25, 0.3) is 16.7 Å². The average molecular weight is 365 g/mol. The molecular formula is C20H19N3O2S. The third-order valence-corrected chi connectivity index (χ3v) is 4.84. The Kier molecular flexibility index (Phi) is 5.06. The Morgan fingerprint density at radius 2 is 1.92 bits per heavy atom. The van der Waals surface area contributed by atoms with Gasteiger partial charge in [0.2, 0.25) is 0 Å². The predicted molar refractivity (Wildman–Crippen MR) is 102 cm³/mol. The van der Waals surface area contributed by atoms with E-state index < -0.39 is 0 Å². The van der Waals surface area contributed by atoms with E-state index in [1.807, 2.05) is 17.8 Å². The van der Waals surface area contributed by atoms with Crippen molar-refractivity contribution in [2.75, 3.05) is 7.11 Å². The van der Waals surface area contributed by atoms with Gasteiger partial charge in [-0.05, 0) is 35.4 Å². The standard InChI is InChI=1S/C20H19N3O2S/c1-24-11-16-5-6-19-18(10-16)22-14-23(19)17-4-2-3-15(9-17)12-25-13-20-21-7-8-26-20/h2-10,14H,11-13H2,1H3. The maximum atomic E-state index is 5.78. The first kappa shape index (κ1) is 16.9. The number of ether oxygens (including phenoxy) is 2. The minimum atomic E-state index is 0.540. The van der Waals surface area contributed by atoms with Crippen molar-refractivity contribution in [3.8, 4) is 5.69 Å². The van der Waals surface area contributed by atoms with Crippen LogP contribution in [0.1, 0.15) is 16.1 Å². The van der Waals surface area contributed by atoms with Gasteiger partial charge < -0.3 is 9.47 Å². The molecule has 4 aromatic rings. The molecule has 0 unspecified atom stereocenters. The van der Waals surface area contributed by atoms with Gasteiger partial charge >= 0.3 is 0 Å². The van der Waals surface area contributed by atoms with E-state index in [1.54, 1.807) is 24.6 Å². The molecule has 2 aromatic carbocycles. The summed E-state index contributed by atoms with van der Waals surface area (Å²) in [5.41, 5.74) is 5.35. The van der Waals surface area contributed by atoms with Crippen LogP contribution in [0.3, 0.4) is 0 Å². The molecule has 0 fully saturated rings. The van der Waals surface area contributed by atoms with E-state index >= 15 is 0 Å². The lowest BCUT2D eigenvalue weighted by Crippen LogP contribution is -1.97. The van der Waals surface area contributed by atoms with Crippen LogP contribution in [0.15, 0.2) is 60.4 Å². The molecule has 0 aliphatic heterocycles. The summed E-state index contributed by atoms with van der Waals surface area (Å²) in [6.07, 6.45) is 3.66. The maximum absolute atomic E-state index is 5.78. The third-order valence-electron chi connectivity index (χ3n) is 4.09. The van der Waals surface area contributed by atoms with Gasteiger partial charge in [0.1, 0.15) is 11.3 Å². The fourth-order valence-electron chi connectivity index (χ4n) is 2.90. The lowest BCUT2D eigenvalue weighted by atomic mass is 10.2. The molecule has 0 aliphatic carbocycles. The minimum Gasteiger partial charge on any atom is -0.380 e. The van der Waals surface area contributed by atoms with E-state index in [2.05, 4.69) is 50.9 Å². The molecular weight excluding hydrogens is 346 g/mol. The Hall–Kier alpha value is -2.54. The Labute approximate surface area is 155 Å². The fraction of sp³-hybridized carbons (Fsp3) is 0.200. The number of fused-ring (bicyclic) bond motifs is 1. The van der Waals surface area contributed by atoms with Crippen molar-refractivity contribution in [2.24, 2.45) is 0 Å². The molecule has 2 aromatic heterocycles. The SMILES string of the molecule is COCc1ccc2c(c1)ncn2-c1cccc(COCc2nccs2)c1.